The topological polar surface area (TPSA) is 59.3 Å². The molecule has 0 aliphatic carbocycles. The van der Waals surface area contributed by atoms with E-state index in [1.165, 1.54) is 6.92 Å². The molecule has 0 saturated carbocycles. The predicted molar refractivity (Wildman–Crippen MR) is 65.6 cm³/mol. The molecule has 1 rings (SSSR count). The van der Waals surface area contributed by atoms with Gasteiger partial charge in [0.15, 0.2) is 0 Å². The molecule has 0 aliphatic rings. The van der Waals surface area contributed by atoms with E-state index in [-0.39, 0.29) is 12.6 Å². The zero-order valence-electron chi connectivity index (χ0n) is 9.46. The molecular formula is C12H13NO3S. The lowest BCUT2D eigenvalue weighted by Crippen LogP contribution is -2.26. The van der Waals surface area contributed by atoms with Gasteiger partial charge in [0.1, 0.15) is 23.9 Å². The molecule has 0 amide bonds. The van der Waals surface area contributed by atoms with Crippen LogP contribution in [0, 0.1) is 10.7 Å². The van der Waals surface area contributed by atoms with Gasteiger partial charge in [-0.1, -0.05) is 18.2 Å². The third kappa shape index (κ3) is 5.83. The van der Waals surface area contributed by atoms with Gasteiger partial charge < -0.3 is 9.47 Å². The largest absolute Gasteiger partial charge is 0.490 e. The second kappa shape index (κ2) is 7.58. The standard InChI is InChI=1S/C12H13NO3S/c1-10(14)16-12(8-17-9-13)7-15-11-5-3-2-4-6-11/h2-6,12H,7-8H2,1H3/t12-/m1/s1. The van der Waals surface area contributed by atoms with Crippen LogP contribution < -0.4 is 4.74 Å². The summed E-state index contributed by atoms with van der Waals surface area (Å²) < 4.78 is 10.5. The Morgan fingerprint density at radius 1 is 1.47 bits per heavy atom. The highest BCUT2D eigenvalue weighted by Gasteiger charge is 2.13. The van der Waals surface area contributed by atoms with Crippen molar-refractivity contribution < 1.29 is 14.3 Å². The van der Waals surface area contributed by atoms with Crippen molar-refractivity contribution >= 4 is 17.7 Å². The molecule has 0 unspecified atom stereocenters. The third-order valence-corrected chi connectivity index (χ3v) is 2.51. The van der Waals surface area contributed by atoms with E-state index in [0.717, 1.165) is 11.8 Å². The van der Waals surface area contributed by atoms with E-state index in [4.69, 9.17) is 14.7 Å². The van der Waals surface area contributed by atoms with Crippen molar-refractivity contribution in [3.63, 3.8) is 0 Å². The summed E-state index contributed by atoms with van der Waals surface area (Å²) in [7, 11) is 0. The van der Waals surface area contributed by atoms with E-state index in [2.05, 4.69) is 0 Å². The molecule has 1 aromatic carbocycles. The summed E-state index contributed by atoms with van der Waals surface area (Å²) in [6.07, 6.45) is -0.405. The Labute approximate surface area is 105 Å². The Hall–Kier alpha value is -1.67. The molecule has 1 atom stereocenters. The average Bonchev–Trinajstić information content (AvgIpc) is 2.33. The smallest absolute Gasteiger partial charge is 0.303 e. The van der Waals surface area contributed by atoms with Crippen molar-refractivity contribution in [1.29, 1.82) is 5.26 Å². The van der Waals surface area contributed by atoms with E-state index in [0.29, 0.717) is 11.5 Å². The molecule has 17 heavy (non-hydrogen) atoms. The molecule has 0 spiro atoms. The number of esters is 1. The Morgan fingerprint density at radius 2 is 2.18 bits per heavy atom. The first kappa shape index (κ1) is 13.4. The maximum Gasteiger partial charge on any atom is 0.303 e. The Balaban J connectivity index is 2.43. The molecule has 0 bridgehead atoms. The van der Waals surface area contributed by atoms with Crippen molar-refractivity contribution in [3.05, 3.63) is 30.3 Å². The number of rotatable bonds is 6. The molecule has 1 aromatic rings. The van der Waals surface area contributed by atoms with Gasteiger partial charge in [-0.3, -0.25) is 4.79 Å². The number of carbonyl (C=O) groups is 1. The lowest BCUT2D eigenvalue weighted by molar-refractivity contribution is -0.146. The number of nitriles is 1. The zero-order valence-corrected chi connectivity index (χ0v) is 10.3. The molecule has 90 valence electrons. The minimum absolute atomic E-state index is 0.248. The van der Waals surface area contributed by atoms with Gasteiger partial charge in [-0.05, 0) is 23.9 Å². The highest BCUT2D eigenvalue weighted by atomic mass is 32.2. The van der Waals surface area contributed by atoms with Crippen LogP contribution in [0.1, 0.15) is 6.92 Å². The van der Waals surface area contributed by atoms with E-state index >= 15 is 0 Å². The fraction of sp³-hybridized carbons (Fsp3) is 0.333. The first-order valence-electron chi connectivity index (χ1n) is 5.08. The number of hydrogen-bond donors (Lipinski definition) is 0. The lowest BCUT2D eigenvalue weighted by atomic mass is 10.3. The first-order valence-corrected chi connectivity index (χ1v) is 6.07. The average molecular weight is 251 g/mol. The number of thioether (sulfide) groups is 1. The summed E-state index contributed by atoms with van der Waals surface area (Å²) in [6, 6.07) is 9.26. The molecule has 0 saturated heterocycles. The van der Waals surface area contributed by atoms with Gasteiger partial charge in [0.2, 0.25) is 0 Å². The van der Waals surface area contributed by atoms with Crippen LogP contribution in [0.4, 0.5) is 0 Å². The molecule has 0 aromatic heterocycles. The lowest BCUT2D eigenvalue weighted by Gasteiger charge is -2.16. The van der Waals surface area contributed by atoms with Crippen molar-refractivity contribution in [3.8, 4) is 11.2 Å². The highest BCUT2D eigenvalue weighted by Crippen LogP contribution is 2.11. The van der Waals surface area contributed by atoms with Gasteiger partial charge in [0.05, 0.1) is 0 Å². The molecule has 0 fully saturated rings. The molecule has 4 nitrogen and oxygen atoms in total. The number of hydrogen-bond acceptors (Lipinski definition) is 5. The maximum absolute atomic E-state index is 10.9. The van der Waals surface area contributed by atoms with E-state index in [9.17, 15) is 4.79 Å². The van der Waals surface area contributed by atoms with E-state index in [1.807, 2.05) is 35.7 Å². The van der Waals surface area contributed by atoms with Gasteiger partial charge in [0.25, 0.3) is 0 Å². The summed E-state index contributed by atoms with van der Waals surface area (Å²) in [5.41, 5.74) is 0. The number of nitrogens with zero attached hydrogens (tertiary/aromatic N) is 1. The maximum atomic E-state index is 10.9. The monoisotopic (exact) mass is 251 g/mol. The van der Waals surface area contributed by atoms with Gasteiger partial charge >= 0.3 is 5.97 Å². The van der Waals surface area contributed by atoms with Crippen LogP contribution in [0.3, 0.4) is 0 Å². The Kier molecular flexibility index (Phi) is 5.97. The second-order valence-corrected chi connectivity index (χ2v) is 4.06. The summed E-state index contributed by atoms with van der Waals surface area (Å²) >= 11 is 1.04. The number of benzene rings is 1. The normalized spacial score (nSPS) is 11.3. The first-order chi connectivity index (χ1) is 8.22. The van der Waals surface area contributed by atoms with Crippen LogP contribution in [0.25, 0.3) is 0 Å². The van der Waals surface area contributed by atoms with Crippen LogP contribution in [-0.2, 0) is 9.53 Å². The van der Waals surface area contributed by atoms with Crippen molar-refractivity contribution in [2.45, 2.75) is 13.0 Å². The zero-order chi connectivity index (χ0) is 12.5. The SMILES string of the molecule is CC(=O)O[C@H](COc1ccccc1)CSC#N. The van der Waals surface area contributed by atoms with Gasteiger partial charge in [0, 0.05) is 12.7 Å². The van der Waals surface area contributed by atoms with Crippen LogP contribution in [0.2, 0.25) is 0 Å². The predicted octanol–water partition coefficient (Wildman–Crippen LogP) is 2.21. The summed E-state index contributed by atoms with van der Waals surface area (Å²) in [6.45, 7) is 1.59. The van der Waals surface area contributed by atoms with Crippen LogP contribution in [-0.4, -0.2) is 24.4 Å². The third-order valence-electron chi connectivity index (χ3n) is 1.85. The fourth-order valence-corrected chi connectivity index (χ4v) is 1.61. The van der Waals surface area contributed by atoms with E-state index < -0.39 is 6.10 Å². The number of para-hydroxylation sites is 1. The van der Waals surface area contributed by atoms with Crippen molar-refractivity contribution in [1.82, 2.24) is 0 Å². The summed E-state index contributed by atoms with van der Waals surface area (Å²) in [5, 5.41) is 10.4. The molecule has 0 radical (unpaired) electrons. The number of ether oxygens (including phenoxy) is 2. The van der Waals surface area contributed by atoms with Gasteiger partial charge in [-0.15, -0.1) is 0 Å². The summed E-state index contributed by atoms with van der Waals surface area (Å²) in [5.74, 6) is 0.750. The molecule has 0 heterocycles. The minimum atomic E-state index is -0.405. The van der Waals surface area contributed by atoms with Crippen LogP contribution in [0.15, 0.2) is 30.3 Å². The minimum Gasteiger partial charge on any atom is -0.490 e. The molecular weight excluding hydrogens is 238 g/mol. The van der Waals surface area contributed by atoms with Crippen molar-refractivity contribution in [2.75, 3.05) is 12.4 Å². The van der Waals surface area contributed by atoms with Crippen molar-refractivity contribution in [2.24, 2.45) is 0 Å². The second-order valence-electron chi connectivity index (χ2n) is 3.26. The van der Waals surface area contributed by atoms with Crippen LogP contribution in [0.5, 0.6) is 5.75 Å². The molecule has 0 N–H and O–H groups in total. The van der Waals surface area contributed by atoms with Gasteiger partial charge in [-0.2, -0.15) is 5.26 Å². The number of thiocyanates is 1. The van der Waals surface area contributed by atoms with E-state index in [1.54, 1.807) is 0 Å². The number of carbonyl (C=O) groups excluding carboxylic acids is 1. The molecule has 5 heteroatoms. The van der Waals surface area contributed by atoms with Gasteiger partial charge in [-0.25, -0.2) is 0 Å². The highest BCUT2D eigenvalue weighted by molar-refractivity contribution is 8.03. The molecule has 0 aliphatic heterocycles. The Morgan fingerprint density at radius 3 is 2.76 bits per heavy atom. The van der Waals surface area contributed by atoms with Crippen LogP contribution >= 0.6 is 11.8 Å². The Bertz CT molecular complexity index is 388. The fourth-order valence-electron chi connectivity index (χ4n) is 1.19. The summed E-state index contributed by atoms with van der Waals surface area (Å²) in [4.78, 5) is 10.9. The quantitative estimate of drug-likeness (QED) is 0.573.